The molecule has 3 atom stereocenters. The van der Waals surface area contributed by atoms with Crippen LogP contribution in [0.4, 0.5) is 0 Å². The molecule has 0 N–H and O–H groups in total. The Labute approximate surface area is 91.6 Å². The number of rotatable bonds is 1. The van der Waals surface area contributed by atoms with E-state index in [2.05, 4.69) is 37.0 Å². The minimum Gasteiger partial charge on any atom is -0.498 e. The van der Waals surface area contributed by atoms with Gasteiger partial charge in [-0.1, -0.05) is 12.2 Å². The summed E-state index contributed by atoms with van der Waals surface area (Å²) < 4.78 is 5.77. The van der Waals surface area contributed by atoms with Crippen molar-refractivity contribution in [3.05, 3.63) is 24.0 Å². The summed E-state index contributed by atoms with van der Waals surface area (Å²) in [6.45, 7) is 6.76. The minimum absolute atomic E-state index is 0.593. The van der Waals surface area contributed by atoms with Gasteiger partial charge in [0.2, 0.25) is 0 Å². The van der Waals surface area contributed by atoms with E-state index in [1.165, 1.54) is 18.7 Å². The Hall–Kier alpha value is -0.760. The average Bonchev–Trinajstić information content (AvgIpc) is 2.61. The van der Waals surface area contributed by atoms with Crippen LogP contribution in [0.2, 0.25) is 0 Å². The Morgan fingerprint density at radius 2 is 2.33 bits per heavy atom. The Morgan fingerprint density at radius 3 is 3.13 bits per heavy atom. The quantitative estimate of drug-likeness (QED) is 0.650. The van der Waals surface area contributed by atoms with Gasteiger partial charge in [-0.25, -0.2) is 0 Å². The van der Waals surface area contributed by atoms with E-state index in [1.54, 1.807) is 0 Å². The topological polar surface area (TPSA) is 12.5 Å². The Balaban J connectivity index is 1.93. The molecule has 2 saturated heterocycles. The van der Waals surface area contributed by atoms with Crippen molar-refractivity contribution in [1.29, 1.82) is 0 Å². The maximum absolute atomic E-state index is 5.77. The summed E-state index contributed by atoms with van der Waals surface area (Å²) in [5.74, 6) is 2.70. The summed E-state index contributed by atoms with van der Waals surface area (Å²) in [5.41, 5.74) is 0. The van der Waals surface area contributed by atoms with Gasteiger partial charge >= 0.3 is 0 Å². The fraction of sp³-hybridized carbons (Fsp3) is 0.692. The highest BCUT2D eigenvalue weighted by atomic mass is 16.5. The van der Waals surface area contributed by atoms with Gasteiger partial charge in [0.25, 0.3) is 0 Å². The number of nitrogens with zero attached hydrogens (tertiary/aromatic N) is 1. The van der Waals surface area contributed by atoms with Gasteiger partial charge in [0, 0.05) is 24.5 Å². The van der Waals surface area contributed by atoms with Crippen molar-refractivity contribution in [2.45, 2.75) is 32.4 Å². The summed E-state index contributed by atoms with van der Waals surface area (Å²) in [6.07, 6.45) is 7.91. The predicted octanol–water partition coefficient (Wildman–Crippen LogP) is 2.19. The second kappa shape index (κ2) is 3.38. The zero-order chi connectivity index (χ0) is 10.4. The largest absolute Gasteiger partial charge is 0.498 e. The lowest BCUT2D eigenvalue weighted by molar-refractivity contribution is 0.0970. The SMILES string of the molecule is CC(C)N1CC2CCOC3=CC=CC1C32. The van der Waals surface area contributed by atoms with Gasteiger partial charge in [-0.3, -0.25) is 4.90 Å². The highest BCUT2D eigenvalue weighted by molar-refractivity contribution is 5.26. The molecule has 0 aromatic heterocycles. The molecule has 0 spiro atoms. The van der Waals surface area contributed by atoms with Crippen LogP contribution >= 0.6 is 0 Å². The molecule has 15 heavy (non-hydrogen) atoms. The molecule has 2 heteroatoms. The van der Waals surface area contributed by atoms with Crippen molar-refractivity contribution in [1.82, 2.24) is 4.90 Å². The van der Waals surface area contributed by atoms with Crippen LogP contribution in [0.1, 0.15) is 20.3 Å². The third-order valence-electron chi connectivity index (χ3n) is 4.02. The first-order valence-electron chi connectivity index (χ1n) is 6.04. The first-order valence-corrected chi connectivity index (χ1v) is 6.04. The summed E-state index contributed by atoms with van der Waals surface area (Å²) in [5, 5.41) is 0. The molecule has 0 saturated carbocycles. The molecule has 3 unspecified atom stereocenters. The predicted molar refractivity (Wildman–Crippen MR) is 60.4 cm³/mol. The number of allylic oxidation sites excluding steroid dienone is 2. The van der Waals surface area contributed by atoms with Crippen molar-refractivity contribution >= 4 is 0 Å². The average molecular weight is 205 g/mol. The Morgan fingerprint density at radius 1 is 1.47 bits per heavy atom. The van der Waals surface area contributed by atoms with Gasteiger partial charge in [-0.15, -0.1) is 0 Å². The Kier molecular flexibility index (Phi) is 2.13. The number of hydrogen-bond donors (Lipinski definition) is 0. The van der Waals surface area contributed by atoms with E-state index in [9.17, 15) is 0 Å². The molecule has 82 valence electrons. The van der Waals surface area contributed by atoms with Crippen LogP contribution in [0, 0.1) is 11.8 Å². The minimum atomic E-state index is 0.593. The molecule has 0 radical (unpaired) electrons. The molecule has 2 heterocycles. The van der Waals surface area contributed by atoms with Crippen molar-refractivity contribution in [2.75, 3.05) is 13.2 Å². The molecule has 2 aliphatic heterocycles. The van der Waals surface area contributed by atoms with Crippen molar-refractivity contribution in [2.24, 2.45) is 11.8 Å². The van der Waals surface area contributed by atoms with E-state index in [0.717, 1.165) is 12.5 Å². The zero-order valence-electron chi connectivity index (χ0n) is 9.52. The van der Waals surface area contributed by atoms with Gasteiger partial charge in [-0.2, -0.15) is 0 Å². The van der Waals surface area contributed by atoms with Gasteiger partial charge in [0.1, 0.15) is 5.76 Å². The fourth-order valence-electron chi connectivity index (χ4n) is 3.30. The smallest absolute Gasteiger partial charge is 0.101 e. The van der Waals surface area contributed by atoms with Gasteiger partial charge in [0.05, 0.1) is 6.61 Å². The first-order chi connectivity index (χ1) is 7.27. The number of ether oxygens (including phenoxy) is 1. The van der Waals surface area contributed by atoms with Crippen LogP contribution in [-0.4, -0.2) is 30.1 Å². The zero-order valence-corrected chi connectivity index (χ0v) is 9.52. The molecule has 3 rings (SSSR count). The maximum atomic E-state index is 5.77. The van der Waals surface area contributed by atoms with E-state index in [1.807, 2.05) is 0 Å². The van der Waals surface area contributed by atoms with Crippen LogP contribution in [0.15, 0.2) is 24.0 Å². The van der Waals surface area contributed by atoms with Crippen LogP contribution in [0.3, 0.4) is 0 Å². The second-order valence-electron chi connectivity index (χ2n) is 5.16. The molecule has 0 bridgehead atoms. The summed E-state index contributed by atoms with van der Waals surface area (Å²) >= 11 is 0. The third kappa shape index (κ3) is 1.35. The summed E-state index contributed by atoms with van der Waals surface area (Å²) in [7, 11) is 0. The fourth-order valence-corrected chi connectivity index (χ4v) is 3.30. The van der Waals surface area contributed by atoms with Crippen molar-refractivity contribution in [3.8, 4) is 0 Å². The van der Waals surface area contributed by atoms with E-state index in [0.29, 0.717) is 18.0 Å². The van der Waals surface area contributed by atoms with Gasteiger partial charge < -0.3 is 4.74 Å². The summed E-state index contributed by atoms with van der Waals surface area (Å²) in [6, 6.07) is 1.24. The molecule has 0 aromatic rings. The van der Waals surface area contributed by atoms with E-state index in [4.69, 9.17) is 4.74 Å². The maximum Gasteiger partial charge on any atom is 0.101 e. The lowest BCUT2D eigenvalue weighted by Gasteiger charge is -2.34. The lowest BCUT2D eigenvalue weighted by Crippen LogP contribution is -2.38. The number of hydrogen-bond acceptors (Lipinski definition) is 2. The van der Waals surface area contributed by atoms with Crippen LogP contribution < -0.4 is 0 Å². The normalized spacial score (nSPS) is 38.9. The molecular formula is C13H19NO. The molecular weight excluding hydrogens is 186 g/mol. The lowest BCUT2D eigenvalue weighted by atomic mass is 9.82. The Bertz CT molecular complexity index is 318. The molecule has 1 aliphatic carbocycles. The monoisotopic (exact) mass is 205 g/mol. The van der Waals surface area contributed by atoms with Crippen molar-refractivity contribution in [3.63, 3.8) is 0 Å². The van der Waals surface area contributed by atoms with E-state index in [-0.39, 0.29) is 0 Å². The van der Waals surface area contributed by atoms with Crippen molar-refractivity contribution < 1.29 is 4.74 Å². The second-order valence-corrected chi connectivity index (χ2v) is 5.16. The third-order valence-corrected chi connectivity index (χ3v) is 4.02. The van der Waals surface area contributed by atoms with E-state index < -0.39 is 0 Å². The van der Waals surface area contributed by atoms with Crippen LogP contribution in [-0.2, 0) is 4.74 Å². The highest BCUT2D eigenvalue weighted by Gasteiger charge is 2.46. The van der Waals surface area contributed by atoms with E-state index >= 15 is 0 Å². The molecule has 2 nitrogen and oxygen atoms in total. The molecule has 0 aromatic carbocycles. The van der Waals surface area contributed by atoms with Crippen LogP contribution in [0.5, 0.6) is 0 Å². The molecule has 0 amide bonds. The van der Waals surface area contributed by atoms with Gasteiger partial charge in [0.15, 0.2) is 0 Å². The molecule has 2 fully saturated rings. The first kappa shape index (κ1) is 9.46. The number of likely N-dealkylation sites (tertiary alicyclic amines) is 1. The standard InChI is InChI=1S/C13H19NO/c1-9(2)14-8-10-6-7-15-12-5-3-4-11(14)13(10)12/h3-5,9-11,13H,6-8H2,1-2H3. The van der Waals surface area contributed by atoms with Crippen LogP contribution in [0.25, 0.3) is 0 Å². The highest BCUT2D eigenvalue weighted by Crippen LogP contribution is 2.43. The van der Waals surface area contributed by atoms with Gasteiger partial charge in [-0.05, 0) is 32.3 Å². The molecule has 3 aliphatic rings. The summed E-state index contributed by atoms with van der Waals surface area (Å²) in [4.78, 5) is 2.62.